The third kappa shape index (κ3) is 6.85. The van der Waals surface area contributed by atoms with Crippen molar-refractivity contribution in [3.63, 3.8) is 0 Å². The summed E-state index contributed by atoms with van der Waals surface area (Å²) in [6.07, 6.45) is -0.616. The minimum absolute atomic E-state index is 0.180. The number of halogens is 2. The van der Waals surface area contributed by atoms with Crippen LogP contribution in [-0.4, -0.2) is 25.2 Å². The standard InChI is InChI=1S/C22H26BrFN2O3/c1-5-29-21(28)26(14-22(2,3)4)19-12-17(24)10-11-18(19)20(27)25-13-15-6-8-16(23)9-7-15/h6-12H,5,13-14H2,1-4H3,(H,25,27). The van der Waals surface area contributed by atoms with Crippen molar-refractivity contribution < 1.29 is 18.7 Å². The van der Waals surface area contributed by atoms with Crippen LogP contribution in [0.2, 0.25) is 0 Å². The molecule has 0 fully saturated rings. The van der Waals surface area contributed by atoms with Gasteiger partial charge in [-0.25, -0.2) is 9.18 Å². The lowest BCUT2D eigenvalue weighted by Gasteiger charge is -2.30. The number of benzene rings is 2. The van der Waals surface area contributed by atoms with E-state index in [-0.39, 0.29) is 29.8 Å². The number of nitrogens with one attached hydrogen (secondary N) is 1. The topological polar surface area (TPSA) is 58.6 Å². The summed E-state index contributed by atoms with van der Waals surface area (Å²) in [6, 6.07) is 11.3. The van der Waals surface area contributed by atoms with Crippen LogP contribution in [0.4, 0.5) is 14.9 Å². The van der Waals surface area contributed by atoms with Crippen molar-refractivity contribution in [1.29, 1.82) is 0 Å². The molecule has 7 heteroatoms. The molecule has 0 radical (unpaired) electrons. The van der Waals surface area contributed by atoms with Crippen molar-refractivity contribution in [1.82, 2.24) is 5.32 Å². The van der Waals surface area contributed by atoms with Crippen molar-refractivity contribution in [2.75, 3.05) is 18.1 Å². The van der Waals surface area contributed by atoms with Crippen molar-refractivity contribution in [3.8, 4) is 0 Å². The van der Waals surface area contributed by atoms with Crippen molar-refractivity contribution in [3.05, 3.63) is 63.9 Å². The molecule has 0 aliphatic carbocycles. The van der Waals surface area contributed by atoms with Crippen LogP contribution in [0.25, 0.3) is 0 Å². The summed E-state index contributed by atoms with van der Waals surface area (Å²) in [7, 11) is 0. The van der Waals surface area contributed by atoms with E-state index in [0.29, 0.717) is 6.54 Å². The van der Waals surface area contributed by atoms with Crippen LogP contribution in [0.5, 0.6) is 0 Å². The highest BCUT2D eigenvalue weighted by molar-refractivity contribution is 9.10. The first-order chi connectivity index (χ1) is 13.6. The maximum absolute atomic E-state index is 14.0. The molecule has 0 bridgehead atoms. The summed E-state index contributed by atoms with van der Waals surface area (Å²) >= 11 is 3.37. The van der Waals surface area contributed by atoms with E-state index < -0.39 is 17.8 Å². The Morgan fingerprint density at radius 2 is 1.79 bits per heavy atom. The average molecular weight is 465 g/mol. The smallest absolute Gasteiger partial charge is 0.414 e. The molecule has 0 atom stereocenters. The molecule has 2 amide bonds. The van der Waals surface area contributed by atoms with Gasteiger partial charge in [-0.05, 0) is 48.2 Å². The molecular formula is C22H26BrFN2O3. The minimum Gasteiger partial charge on any atom is -0.449 e. The molecular weight excluding hydrogens is 439 g/mol. The van der Waals surface area contributed by atoms with Gasteiger partial charge in [0, 0.05) is 17.6 Å². The third-order valence-corrected chi connectivity index (χ3v) is 4.51. The third-order valence-electron chi connectivity index (χ3n) is 3.98. The molecule has 2 aromatic rings. The Labute approximate surface area is 179 Å². The van der Waals surface area contributed by atoms with E-state index in [1.165, 1.54) is 23.1 Å². The van der Waals surface area contributed by atoms with Gasteiger partial charge in [-0.3, -0.25) is 9.69 Å². The number of hydrogen-bond acceptors (Lipinski definition) is 3. The largest absolute Gasteiger partial charge is 0.449 e. The molecule has 5 nitrogen and oxygen atoms in total. The van der Waals surface area contributed by atoms with Gasteiger partial charge in [0.2, 0.25) is 0 Å². The number of anilines is 1. The molecule has 0 aromatic heterocycles. The second kappa shape index (κ2) is 9.87. The Kier molecular flexibility index (Phi) is 7.79. The predicted molar refractivity (Wildman–Crippen MR) is 116 cm³/mol. The van der Waals surface area contributed by atoms with Crippen LogP contribution >= 0.6 is 15.9 Å². The molecule has 0 aliphatic heterocycles. The molecule has 0 heterocycles. The normalized spacial score (nSPS) is 11.1. The van der Waals surface area contributed by atoms with E-state index >= 15 is 0 Å². The van der Waals surface area contributed by atoms with Gasteiger partial charge in [-0.2, -0.15) is 0 Å². The number of ether oxygens (including phenoxy) is 1. The number of amides is 2. The second-order valence-corrected chi connectivity index (χ2v) is 8.73. The summed E-state index contributed by atoms with van der Waals surface area (Å²) in [5.41, 5.74) is 1.03. The monoisotopic (exact) mass is 464 g/mol. The van der Waals surface area contributed by atoms with E-state index in [1.54, 1.807) is 6.92 Å². The lowest BCUT2D eigenvalue weighted by Crippen LogP contribution is -2.40. The second-order valence-electron chi connectivity index (χ2n) is 7.82. The summed E-state index contributed by atoms with van der Waals surface area (Å²) in [5, 5.41) is 2.83. The number of rotatable bonds is 6. The molecule has 29 heavy (non-hydrogen) atoms. The molecule has 1 N–H and O–H groups in total. The van der Waals surface area contributed by atoms with Crippen LogP contribution in [0.3, 0.4) is 0 Å². The van der Waals surface area contributed by atoms with Gasteiger partial charge in [0.25, 0.3) is 5.91 Å². The highest BCUT2D eigenvalue weighted by Gasteiger charge is 2.27. The molecule has 0 spiro atoms. The summed E-state index contributed by atoms with van der Waals surface area (Å²) in [5.74, 6) is -0.932. The first-order valence-electron chi connectivity index (χ1n) is 9.37. The maximum atomic E-state index is 14.0. The van der Waals surface area contributed by atoms with Gasteiger partial charge in [0.1, 0.15) is 5.82 Å². The fourth-order valence-electron chi connectivity index (χ4n) is 2.72. The van der Waals surface area contributed by atoms with Crippen LogP contribution in [0.1, 0.15) is 43.6 Å². The number of carbonyl (C=O) groups excluding carboxylic acids is 2. The Morgan fingerprint density at radius 3 is 2.38 bits per heavy atom. The Balaban J connectivity index is 2.32. The zero-order valence-electron chi connectivity index (χ0n) is 17.1. The average Bonchev–Trinajstić information content (AvgIpc) is 2.65. The van der Waals surface area contributed by atoms with Gasteiger partial charge < -0.3 is 10.1 Å². The zero-order valence-corrected chi connectivity index (χ0v) is 18.7. The van der Waals surface area contributed by atoms with Crippen LogP contribution in [0.15, 0.2) is 46.9 Å². The first-order valence-corrected chi connectivity index (χ1v) is 10.2. The van der Waals surface area contributed by atoms with Crippen molar-refractivity contribution >= 4 is 33.6 Å². The van der Waals surface area contributed by atoms with Gasteiger partial charge in [0.05, 0.1) is 17.9 Å². The van der Waals surface area contributed by atoms with Gasteiger partial charge >= 0.3 is 6.09 Å². The number of nitrogens with zero attached hydrogens (tertiary/aromatic N) is 1. The van der Waals surface area contributed by atoms with Crippen molar-refractivity contribution in [2.45, 2.75) is 34.2 Å². The number of carbonyl (C=O) groups is 2. The van der Waals surface area contributed by atoms with E-state index in [9.17, 15) is 14.0 Å². The van der Waals surface area contributed by atoms with Gasteiger partial charge in [-0.1, -0.05) is 48.8 Å². The fraction of sp³-hybridized carbons (Fsp3) is 0.364. The molecule has 2 aromatic carbocycles. The highest BCUT2D eigenvalue weighted by atomic mass is 79.9. The molecule has 2 rings (SSSR count). The maximum Gasteiger partial charge on any atom is 0.414 e. The quantitative estimate of drug-likeness (QED) is 0.611. The molecule has 0 unspecified atom stereocenters. The van der Waals surface area contributed by atoms with Crippen LogP contribution in [0, 0.1) is 11.2 Å². The highest BCUT2D eigenvalue weighted by Crippen LogP contribution is 2.27. The van der Waals surface area contributed by atoms with Gasteiger partial charge in [-0.15, -0.1) is 0 Å². The first kappa shape index (κ1) is 22.9. The van der Waals surface area contributed by atoms with Gasteiger partial charge in [0.15, 0.2) is 0 Å². The van der Waals surface area contributed by atoms with Crippen molar-refractivity contribution in [2.24, 2.45) is 5.41 Å². The van der Waals surface area contributed by atoms with E-state index in [2.05, 4.69) is 21.2 Å². The van der Waals surface area contributed by atoms with E-state index in [4.69, 9.17) is 4.74 Å². The lowest BCUT2D eigenvalue weighted by atomic mass is 9.95. The van der Waals surface area contributed by atoms with Crippen LogP contribution < -0.4 is 10.2 Å². The molecule has 156 valence electrons. The Bertz CT molecular complexity index is 863. The van der Waals surface area contributed by atoms with Crippen LogP contribution in [-0.2, 0) is 11.3 Å². The summed E-state index contributed by atoms with van der Waals surface area (Å²) in [4.78, 5) is 26.7. The molecule has 0 saturated heterocycles. The molecule has 0 aliphatic rings. The Hall–Kier alpha value is -2.41. The Morgan fingerprint density at radius 1 is 1.14 bits per heavy atom. The summed E-state index contributed by atoms with van der Waals surface area (Å²) < 4.78 is 20.1. The van der Waals surface area contributed by atoms with E-state index in [0.717, 1.165) is 10.0 Å². The number of hydrogen-bond donors (Lipinski definition) is 1. The summed E-state index contributed by atoms with van der Waals surface area (Å²) in [6.45, 7) is 8.30. The zero-order chi connectivity index (χ0) is 21.6. The fourth-order valence-corrected chi connectivity index (χ4v) is 2.99. The lowest BCUT2D eigenvalue weighted by molar-refractivity contribution is 0.0951. The minimum atomic E-state index is -0.616. The SMILES string of the molecule is CCOC(=O)N(CC(C)(C)C)c1cc(F)ccc1C(=O)NCc1ccc(Br)cc1. The predicted octanol–water partition coefficient (Wildman–Crippen LogP) is 5.53. The van der Waals surface area contributed by atoms with E-state index in [1.807, 2.05) is 45.0 Å². The molecule has 0 saturated carbocycles.